The van der Waals surface area contributed by atoms with E-state index in [0.717, 1.165) is 15.8 Å². The molecule has 1 atom stereocenters. The molecule has 9 heteroatoms. The molecule has 1 N–H and O–H groups in total. The lowest BCUT2D eigenvalue weighted by Gasteiger charge is -2.17. The fraction of sp³-hybridized carbons (Fsp3) is 0.357. The zero-order valence-electron chi connectivity index (χ0n) is 12.4. The third kappa shape index (κ3) is 3.14. The minimum absolute atomic E-state index is 0.0152. The molecular formula is C14H14F3N5S. The number of halogens is 3. The third-order valence-corrected chi connectivity index (χ3v) is 4.30. The van der Waals surface area contributed by atoms with Gasteiger partial charge in [-0.2, -0.15) is 22.7 Å². The lowest BCUT2D eigenvalue weighted by Crippen LogP contribution is -2.13. The summed E-state index contributed by atoms with van der Waals surface area (Å²) in [6.07, 6.45) is -3.82. The fourth-order valence-electron chi connectivity index (χ4n) is 2.25. The first-order chi connectivity index (χ1) is 10.9. The van der Waals surface area contributed by atoms with Crippen molar-refractivity contribution >= 4 is 22.9 Å². The van der Waals surface area contributed by atoms with Gasteiger partial charge in [0.1, 0.15) is 5.82 Å². The van der Waals surface area contributed by atoms with E-state index in [1.807, 2.05) is 24.4 Å². The molecular weight excluding hydrogens is 327 g/mol. The van der Waals surface area contributed by atoms with Crippen molar-refractivity contribution in [1.29, 1.82) is 0 Å². The van der Waals surface area contributed by atoms with Crippen molar-refractivity contribution in [1.82, 2.24) is 19.6 Å². The van der Waals surface area contributed by atoms with Crippen LogP contribution in [0.4, 0.5) is 19.0 Å². The summed E-state index contributed by atoms with van der Waals surface area (Å²) in [7, 11) is 0. The highest BCUT2D eigenvalue weighted by Crippen LogP contribution is 2.29. The van der Waals surface area contributed by atoms with Gasteiger partial charge in [0.2, 0.25) is 0 Å². The number of aryl methyl sites for hydroxylation is 1. The van der Waals surface area contributed by atoms with Gasteiger partial charge in [0.25, 0.3) is 11.6 Å². The summed E-state index contributed by atoms with van der Waals surface area (Å²) < 4.78 is 39.6. The molecule has 0 bridgehead atoms. The van der Waals surface area contributed by atoms with E-state index in [-0.39, 0.29) is 11.8 Å². The minimum atomic E-state index is -4.60. The number of hydrogen-bond acceptors (Lipinski definition) is 5. The second kappa shape index (κ2) is 5.80. The molecule has 3 heterocycles. The topological polar surface area (TPSA) is 55.1 Å². The molecule has 3 aromatic rings. The zero-order valence-corrected chi connectivity index (χ0v) is 13.2. The van der Waals surface area contributed by atoms with Crippen LogP contribution in [0.5, 0.6) is 0 Å². The second-order valence-electron chi connectivity index (χ2n) is 5.05. The van der Waals surface area contributed by atoms with Crippen molar-refractivity contribution in [2.45, 2.75) is 32.5 Å². The van der Waals surface area contributed by atoms with E-state index in [2.05, 4.69) is 20.4 Å². The number of anilines is 1. The molecule has 0 fully saturated rings. The number of thiophene rings is 1. The Kier molecular flexibility index (Phi) is 3.97. The molecule has 5 nitrogen and oxygen atoms in total. The highest BCUT2D eigenvalue weighted by molar-refractivity contribution is 7.10. The molecule has 0 aliphatic rings. The summed E-state index contributed by atoms with van der Waals surface area (Å²) >= 11 is 1.59. The van der Waals surface area contributed by atoms with E-state index in [4.69, 9.17) is 0 Å². The zero-order chi connectivity index (χ0) is 16.6. The van der Waals surface area contributed by atoms with Crippen LogP contribution in [0.15, 0.2) is 23.6 Å². The van der Waals surface area contributed by atoms with E-state index >= 15 is 0 Å². The van der Waals surface area contributed by atoms with E-state index < -0.39 is 12.0 Å². The minimum Gasteiger partial charge on any atom is -0.362 e. The van der Waals surface area contributed by atoms with Crippen LogP contribution in [-0.2, 0) is 6.18 Å². The van der Waals surface area contributed by atoms with Gasteiger partial charge < -0.3 is 5.32 Å². The van der Waals surface area contributed by atoms with Crippen molar-refractivity contribution in [3.05, 3.63) is 40.0 Å². The van der Waals surface area contributed by atoms with Gasteiger partial charge in [0, 0.05) is 16.6 Å². The van der Waals surface area contributed by atoms with Crippen LogP contribution in [0.3, 0.4) is 0 Å². The summed E-state index contributed by atoms with van der Waals surface area (Å²) in [5.41, 5.74) is 0.571. The number of hydrogen-bond donors (Lipinski definition) is 1. The maximum absolute atomic E-state index is 12.8. The van der Waals surface area contributed by atoms with Gasteiger partial charge in [-0.05, 0) is 24.8 Å². The van der Waals surface area contributed by atoms with E-state index in [9.17, 15) is 13.2 Å². The second-order valence-corrected chi connectivity index (χ2v) is 6.03. The SMILES string of the molecule is CCC(Nc1cc(C)nc2nc(C(F)(F)F)nn12)c1cccs1. The maximum atomic E-state index is 12.8. The summed E-state index contributed by atoms with van der Waals surface area (Å²) in [5, 5.41) is 8.76. The van der Waals surface area contributed by atoms with Gasteiger partial charge in [-0.15, -0.1) is 16.4 Å². The molecule has 122 valence electrons. The molecule has 3 aromatic heterocycles. The third-order valence-electron chi connectivity index (χ3n) is 3.31. The lowest BCUT2D eigenvalue weighted by molar-refractivity contribution is -0.144. The molecule has 0 aliphatic carbocycles. The molecule has 0 radical (unpaired) electrons. The standard InChI is InChI=1S/C14H14F3N5S/c1-3-9(10-5-4-6-23-10)19-11-7-8(2)18-13-20-12(14(15,16)17)21-22(11)13/h4-7,9,19H,3H2,1-2H3. The van der Waals surface area contributed by atoms with Gasteiger partial charge in [0.15, 0.2) is 0 Å². The highest BCUT2D eigenvalue weighted by atomic mass is 32.1. The van der Waals surface area contributed by atoms with Gasteiger partial charge in [-0.3, -0.25) is 0 Å². The predicted molar refractivity (Wildman–Crippen MR) is 81.5 cm³/mol. The molecule has 0 aromatic carbocycles. The van der Waals surface area contributed by atoms with Crippen LogP contribution in [0.2, 0.25) is 0 Å². The van der Waals surface area contributed by atoms with Crippen molar-refractivity contribution in [3.8, 4) is 0 Å². The van der Waals surface area contributed by atoms with Crippen molar-refractivity contribution < 1.29 is 13.2 Å². The fourth-order valence-corrected chi connectivity index (χ4v) is 3.11. The van der Waals surface area contributed by atoms with E-state index in [1.165, 1.54) is 0 Å². The summed E-state index contributed by atoms with van der Waals surface area (Å²) in [6.45, 7) is 3.71. The van der Waals surface area contributed by atoms with Crippen LogP contribution < -0.4 is 5.32 Å². The Bertz CT molecular complexity index is 810. The van der Waals surface area contributed by atoms with Gasteiger partial charge in [0.05, 0.1) is 6.04 Å². The number of nitrogens with one attached hydrogen (secondary N) is 1. The van der Waals surface area contributed by atoms with Crippen LogP contribution in [0.1, 0.15) is 35.8 Å². The first-order valence-electron chi connectivity index (χ1n) is 7.00. The van der Waals surface area contributed by atoms with Gasteiger partial charge in [-0.1, -0.05) is 13.0 Å². The summed E-state index contributed by atoms with van der Waals surface area (Å²) in [5.74, 6) is -0.820. The molecule has 1 unspecified atom stereocenters. The molecule has 3 rings (SSSR count). The first-order valence-corrected chi connectivity index (χ1v) is 7.88. The van der Waals surface area contributed by atoms with Crippen molar-refractivity contribution in [2.24, 2.45) is 0 Å². The average Bonchev–Trinajstić information content (AvgIpc) is 3.12. The Morgan fingerprint density at radius 1 is 1.35 bits per heavy atom. The van der Waals surface area contributed by atoms with Crippen LogP contribution in [-0.4, -0.2) is 19.6 Å². The Labute approximate surface area is 134 Å². The summed E-state index contributed by atoms with van der Waals surface area (Å²) in [6, 6.07) is 5.57. The van der Waals surface area contributed by atoms with Crippen molar-refractivity contribution in [3.63, 3.8) is 0 Å². The maximum Gasteiger partial charge on any atom is 0.453 e. The largest absolute Gasteiger partial charge is 0.453 e. The molecule has 0 saturated carbocycles. The average molecular weight is 341 g/mol. The number of fused-ring (bicyclic) bond motifs is 1. The molecule has 0 aliphatic heterocycles. The quantitative estimate of drug-likeness (QED) is 0.777. The Morgan fingerprint density at radius 3 is 2.74 bits per heavy atom. The molecule has 0 spiro atoms. The first kappa shape index (κ1) is 15.7. The lowest BCUT2D eigenvalue weighted by atomic mass is 10.2. The normalized spacial score (nSPS) is 13.4. The summed E-state index contributed by atoms with van der Waals surface area (Å²) in [4.78, 5) is 8.60. The van der Waals surface area contributed by atoms with Crippen LogP contribution in [0, 0.1) is 6.92 Å². The van der Waals surface area contributed by atoms with Crippen molar-refractivity contribution in [2.75, 3.05) is 5.32 Å². The Balaban J connectivity index is 2.04. The van der Waals surface area contributed by atoms with E-state index in [0.29, 0.717) is 11.5 Å². The number of aromatic nitrogens is 4. The Hall–Kier alpha value is -2.16. The molecule has 0 saturated heterocycles. The smallest absolute Gasteiger partial charge is 0.362 e. The highest BCUT2D eigenvalue weighted by Gasteiger charge is 2.37. The van der Waals surface area contributed by atoms with E-state index in [1.54, 1.807) is 24.3 Å². The molecule has 23 heavy (non-hydrogen) atoms. The van der Waals surface area contributed by atoms with Gasteiger partial charge in [-0.25, -0.2) is 4.98 Å². The van der Waals surface area contributed by atoms with Crippen LogP contribution >= 0.6 is 11.3 Å². The number of nitrogens with zero attached hydrogens (tertiary/aromatic N) is 4. The van der Waals surface area contributed by atoms with Gasteiger partial charge >= 0.3 is 6.18 Å². The predicted octanol–water partition coefficient (Wildman–Crippen LogP) is 4.08. The molecule has 0 amide bonds. The number of alkyl halides is 3. The van der Waals surface area contributed by atoms with Crippen LogP contribution in [0.25, 0.3) is 5.78 Å². The monoisotopic (exact) mass is 341 g/mol. The Morgan fingerprint density at radius 2 is 2.13 bits per heavy atom. The number of rotatable bonds is 4.